The van der Waals surface area contributed by atoms with Gasteiger partial charge in [-0.3, -0.25) is 14.4 Å². The summed E-state index contributed by atoms with van der Waals surface area (Å²) in [6.07, 6.45) is 78.2. The first-order valence-corrected chi connectivity index (χ1v) is 31.8. The number of hydrogen-bond acceptors (Lipinski definition) is 6. The Morgan fingerprint density at radius 3 is 0.849 bits per heavy atom. The van der Waals surface area contributed by atoms with E-state index in [9.17, 15) is 14.4 Å². The lowest BCUT2D eigenvalue weighted by atomic mass is 10.0. The molecule has 0 amide bonds. The molecule has 0 heterocycles. The summed E-state index contributed by atoms with van der Waals surface area (Å²) in [4.78, 5) is 38.1. The van der Waals surface area contributed by atoms with Crippen molar-refractivity contribution in [2.24, 2.45) is 0 Å². The molecule has 0 aromatic carbocycles. The van der Waals surface area contributed by atoms with Gasteiger partial charge in [-0.1, -0.05) is 287 Å². The smallest absolute Gasteiger partial charge is 0.306 e. The quantitative estimate of drug-likeness (QED) is 0.0261. The number of ether oxygens (including phenoxy) is 3. The molecular formula is C67H120O6. The van der Waals surface area contributed by atoms with Crippen LogP contribution in [-0.4, -0.2) is 37.2 Å². The van der Waals surface area contributed by atoms with Crippen molar-refractivity contribution in [2.45, 2.75) is 335 Å². The van der Waals surface area contributed by atoms with Gasteiger partial charge in [0.15, 0.2) is 6.10 Å². The highest BCUT2D eigenvalue weighted by molar-refractivity contribution is 5.71. The van der Waals surface area contributed by atoms with Gasteiger partial charge in [0.05, 0.1) is 0 Å². The number of allylic oxidation sites excluding steroid dienone is 10. The fourth-order valence-corrected chi connectivity index (χ4v) is 9.25. The van der Waals surface area contributed by atoms with Crippen LogP contribution in [0, 0.1) is 0 Å². The van der Waals surface area contributed by atoms with Gasteiger partial charge < -0.3 is 14.2 Å². The Bertz CT molecular complexity index is 1310. The van der Waals surface area contributed by atoms with E-state index in [1.54, 1.807) is 0 Å². The van der Waals surface area contributed by atoms with Gasteiger partial charge in [0.1, 0.15) is 13.2 Å². The van der Waals surface area contributed by atoms with Gasteiger partial charge in [0, 0.05) is 19.3 Å². The second-order valence-corrected chi connectivity index (χ2v) is 21.3. The molecule has 73 heavy (non-hydrogen) atoms. The second kappa shape index (κ2) is 61.7. The number of carbonyl (C=O) groups excluding carboxylic acids is 3. The molecule has 0 saturated heterocycles. The molecule has 0 spiro atoms. The topological polar surface area (TPSA) is 78.9 Å². The van der Waals surface area contributed by atoms with Crippen LogP contribution < -0.4 is 0 Å². The van der Waals surface area contributed by atoms with Gasteiger partial charge in [-0.15, -0.1) is 0 Å². The summed E-state index contributed by atoms with van der Waals surface area (Å²) in [5.41, 5.74) is 0. The average molecular weight is 1020 g/mol. The molecule has 6 heteroatoms. The normalized spacial score (nSPS) is 12.4. The molecule has 424 valence electrons. The third kappa shape index (κ3) is 59.9. The monoisotopic (exact) mass is 1020 g/mol. The van der Waals surface area contributed by atoms with Crippen LogP contribution in [0.25, 0.3) is 0 Å². The lowest BCUT2D eigenvalue weighted by Crippen LogP contribution is -2.30. The van der Waals surface area contributed by atoms with Crippen LogP contribution >= 0.6 is 0 Å². The van der Waals surface area contributed by atoms with Gasteiger partial charge in [-0.2, -0.15) is 0 Å². The van der Waals surface area contributed by atoms with Crippen molar-refractivity contribution in [1.82, 2.24) is 0 Å². The van der Waals surface area contributed by atoms with E-state index in [-0.39, 0.29) is 31.1 Å². The number of carbonyl (C=O) groups is 3. The molecular weight excluding hydrogens is 901 g/mol. The highest BCUT2D eigenvalue weighted by Gasteiger charge is 2.19. The van der Waals surface area contributed by atoms with Gasteiger partial charge in [-0.25, -0.2) is 0 Å². The highest BCUT2D eigenvalue weighted by Crippen LogP contribution is 2.17. The zero-order chi connectivity index (χ0) is 52.9. The van der Waals surface area contributed by atoms with E-state index in [2.05, 4.69) is 81.5 Å². The molecule has 0 rings (SSSR count). The molecule has 0 radical (unpaired) electrons. The maximum Gasteiger partial charge on any atom is 0.306 e. The molecule has 0 bridgehead atoms. The maximum atomic E-state index is 12.8. The van der Waals surface area contributed by atoms with Crippen molar-refractivity contribution in [3.05, 3.63) is 60.8 Å². The van der Waals surface area contributed by atoms with Crippen LogP contribution in [0.3, 0.4) is 0 Å². The summed E-state index contributed by atoms with van der Waals surface area (Å²) in [6, 6.07) is 0. The minimum atomic E-state index is -0.773. The van der Waals surface area contributed by atoms with Gasteiger partial charge in [0.25, 0.3) is 0 Å². The lowest BCUT2D eigenvalue weighted by molar-refractivity contribution is -0.167. The molecule has 0 aliphatic heterocycles. The minimum absolute atomic E-state index is 0.0723. The van der Waals surface area contributed by atoms with E-state index in [1.807, 2.05) is 0 Å². The van der Waals surface area contributed by atoms with Gasteiger partial charge in [-0.05, 0) is 83.5 Å². The first-order chi connectivity index (χ1) is 36.0. The molecule has 0 fully saturated rings. The van der Waals surface area contributed by atoms with E-state index in [4.69, 9.17) is 14.2 Å². The molecule has 0 aliphatic rings. The van der Waals surface area contributed by atoms with Crippen molar-refractivity contribution in [3.63, 3.8) is 0 Å². The Balaban J connectivity index is 4.08. The average Bonchev–Trinajstić information content (AvgIpc) is 3.39. The Kier molecular flexibility index (Phi) is 59.2. The maximum absolute atomic E-state index is 12.8. The summed E-state index contributed by atoms with van der Waals surface area (Å²) in [6.45, 7) is 6.53. The molecule has 0 aromatic heterocycles. The Hall–Kier alpha value is -2.89. The van der Waals surface area contributed by atoms with Crippen LogP contribution in [-0.2, 0) is 28.6 Å². The number of esters is 3. The third-order valence-corrected chi connectivity index (χ3v) is 14.0. The summed E-state index contributed by atoms with van der Waals surface area (Å²) in [5, 5.41) is 0. The fraction of sp³-hybridized carbons (Fsp3) is 0.806. The van der Waals surface area contributed by atoms with Crippen LogP contribution in [0.2, 0.25) is 0 Å². The number of unbranched alkanes of at least 4 members (excludes halogenated alkanes) is 37. The van der Waals surface area contributed by atoms with Crippen molar-refractivity contribution in [1.29, 1.82) is 0 Å². The minimum Gasteiger partial charge on any atom is -0.462 e. The third-order valence-electron chi connectivity index (χ3n) is 14.0. The van der Waals surface area contributed by atoms with Crippen LogP contribution in [0.15, 0.2) is 60.8 Å². The van der Waals surface area contributed by atoms with E-state index in [0.717, 1.165) is 89.9 Å². The first-order valence-electron chi connectivity index (χ1n) is 31.8. The zero-order valence-corrected chi connectivity index (χ0v) is 48.7. The van der Waals surface area contributed by atoms with Gasteiger partial charge in [0.2, 0.25) is 0 Å². The molecule has 0 N–H and O–H groups in total. The van der Waals surface area contributed by atoms with Crippen LogP contribution in [0.4, 0.5) is 0 Å². The predicted octanol–water partition coefficient (Wildman–Crippen LogP) is 21.6. The van der Waals surface area contributed by atoms with E-state index in [1.165, 1.54) is 199 Å². The largest absolute Gasteiger partial charge is 0.462 e. The van der Waals surface area contributed by atoms with Crippen molar-refractivity contribution in [2.75, 3.05) is 13.2 Å². The zero-order valence-electron chi connectivity index (χ0n) is 48.7. The number of rotatable bonds is 58. The van der Waals surface area contributed by atoms with E-state index >= 15 is 0 Å². The molecule has 0 saturated carbocycles. The Labute approximate surface area is 453 Å². The standard InChI is InChI=1S/C67H120O6/c1-4-7-10-13-16-19-22-24-26-27-28-29-30-31-32-33-34-35-36-37-38-39-40-41-42-44-45-48-51-54-57-60-66(69)72-63-64(62-71-65(68)59-56-53-50-47-21-18-15-12-9-6-3)73-67(70)61-58-55-52-49-46-43-25-23-20-17-14-11-8-5-2/h7,10,16,19,23-26,28-29,64H,4-6,8-9,11-15,17-18,20-22,27,30-63H2,1-3H3/b10-7-,19-16-,25-23-,26-24-,29-28-. The number of hydrogen-bond donors (Lipinski definition) is 0. The fourth-order valence-electron chi connectivity index (χ4n) is 9.25. The second-order valence-electron chi connectivity index (χ2n) is 21.3. The SMILES string of the molecule is CC/C=C\C/C=C\C/C=C\C/C=C\CCCCCCCCCCCCCCCCCCCCC(=O)OCC(COC(=O)CCCCCCCCCCCC)OC(=O)CCCCCCC/C=C\CCCCCCC. The van der Waals surface area contributed by atoms with Gasteiger partial charge >= 0.3 is 17.9 Å². The van der Waals surface area contributed by atoms with Crippen molar-refractivity contribution < 1.29 is 28.6 Å². The van der Waals surface area contributed by atoms with E-state index in [0.29, 0.717) is 19.3 Å². The summed E-state index contributed by atoms with van der Waals surface area (Å²) >= 11 is 0. The molecule has 1 unspecified atom stereocenters. The predicted molar refractivity (Wildman–Crippen MR) is 316 cm³/mol. The van der Waals surface area contributed by atoms with Crippen LogP contribution in [0.1, 0.15) is 329 Å². The Morgan fingerprint density at radius 2 is 0.534 bits per heavy atom. The molecule has 0 aromatic rings. The molecule has 1 atom stereocenters. The summed E-state index contributed by atoms with van der Waals surface area (Å²) in [7, 11) is 0. The first kappa shape index (κ1) is 70.1. The van der Waals surface area contributed by atoms with Crippen molar-refractivity contribution >= 4 is 17.9 Å². The van der Waals surface area contributed by atoms with E-state index < -0.39 is 6.10 Å². The van der Waals surface area contributed by atoms with Crippen molar-refractivity contribution in [3.8, 4) is 0 Å². The molecule has 0 aliphatic carbocycles. The molecule has 6 nitrogen and oxygen atoms in total. The van der Waals surface area contributed by atoms with Crippen LogP contribution in [0.5, 0.6) is 0 Å². The summed E-state index contributed by atoms with van der Waals surface area (Å²) < 4.78 is 16.9. The lowest BCUT2D eigenvalue weighted by Gasteiger charge is -2.18. The highest BCUT2D eigenvalue weighted by atomic mass is 16.6. The summed E-state index contributed by atoms with van der Waals surface area (Å²) in [5.74, 6) is -0.866. The Morgan fingerprint density at radius 1 is 0.288 bits per heavy atom.